The van der Waals surface area contributed by atoms with E-state index >= 15 is 0 Å². The molecule has 1 amide bonds. The zero-order chi connectivity index (χ0) is 13.0. The maximum Gasteiger partial charge on any atom is 0.234 e. The summed E-state index contributed by atoms with van der Waals surface area (Å²) >= 11 is 3.22. The molecule has 2 rings (SSSR count). The van der Waals surface area contributed by atoms with Crippen molar-refractivity contribution in [3.8, 4) is 0 Å². The summed E-state index contributed by atoms with van der Waals surface area (Å²) in [4.78, 5) is 11.5. The predicted molar refractivity (Wildman–Crippen MR) is 78.8 cm³/mol. The van der Waals surface area contributed by atoms with Gasteiger partial charge in [0.15, 0.2) is 0 Å². The monoisotopic (exact) mass is 350 g/mol. The largest absolute Gasteiger partial charge is 0.351 e. The van der Waals surface area contributed by atoms with Crippen molar-refractivity contribution in [3.05, 3.63) is 34.1 Å². The van der Waals surface area contributed by atoms with Gasteiger partial charge in [0.25, 0.3) is 0 Å². The van der Waals surface area contributed by atoms with Crippen LogP contribution in [-0.4, -0.2) is 19.0 Å². The molecule has 106 valence electrons. The summed E-state index contributed by atoms with van der Waals surface area (Å²) in [6.45, 7) is 1.59. The second-order valence-electron chi connectivity index (χ2n) is 4.63. The first-order chi connectivity index (χ1) is 8.63. The Morgan fingerprint density at radius 3 is 2.74 bits per heavy atom. The molecule has 0 heterocycles. The number of rotatable bonds is 6. The Bertz CT molecular complexity index is 420. The first-order valence-electron chi connectivity index (χ1n) is 6.06. The van der Waals surface area contributed by atoms with Crippen LogP contribution in [0.1, 0.15) is 18.4 Å². The summed E-state index contributed by atoms with van der Waals surface area (Å²) < 4.78 is 13.8. The number of benzene rings is 1. The van der Waals surface area contributed by atoms with Crippen molar-refractivity contribution >= 4 is 34.2 Å². The van der Waals surface area contributed by atoms with Crippen molar-refractivity contribution in [1.29, 1.82) is 0 Å². The molecule has 1 fully saturated rings. The van der Waals surface area contributed by atoms with Crippen LogP contribution in [0.2, 0.25) is 0 Å². The SMILES string of the molecule is Cl.O=C(CNCC1CC1)NCc1cc(F)cc(Br)c1. The lowest BCUT2D eigenvalue weighted by Gasteiger charge is -2.07. The lowest BCUT2D eigenvalue weighted by atomic mass is 10.2. The van der Waals surface area contributed by atoms with Gasteiger partial charge in [0.2, 0.25) is 5.91 Å². The van der Waals surface area contributed by atoms with E-state index in [9.17, 15) is 9.18 Å². The quantitative estimate of drug-likeness (QED) is 0.827. The number of carbonyl (C=O) groups is 1. The molecule has 0 spiro atoms. The molecule has 6 heteroatoms. The highest BCUT2D eigenvalue weighted by molar-refractivity contribution is 9.10. The number of halogens is 3. The standard InChI is InChI=1S/C13H16BrFN2O.ClH/c14-11-3-10(4-12(15)5-11)7-17-13(18)8-16-6-9-1-2-9;/h3-5,9,16H,1-2,6-8H2,(H,17,18);1H. The summed E-state index contributed by atoms with van der Waals surface area (Å²) in [5, 5.41) is 5.87. The maximum atomic E-state index is 13.1. The molecule has 1 aromatic carbocycles. The molecule has 1 aliphatic rings. The lowest BCUT2D eigenvalue weighted by molar-refractivity contribution is -0.120. The Morgan fingerprint density at radius 2 is 2.11 bits per heavy atom. The van der Waals surface area contributed by atoms with Crippen molar-refractivity contribution in [1.82, 2.24) is 10.6 Å². The van der Waals surface area contributed by atoms with Crippen LogP contribution in [0.25, 0.3) is 0 Å². The second-order valence-corrected chi connectivity index (χ2v) is 5.54. The fraction of sp³-hybridized carbons (Fsp3) is 0.462. The average Bonchev–Trinajstić information content (AvgIpc) is 3.09. The van der Waals surface area contributed by atoms with Gasteiger partial charge in [0.1, 0.15) is 5.82 Å². The van der Waals surface area contributed by atoms with Crippen LogP contribution in [-0.2, 0) is 11.3 Å². The van der Waals surface area contributed by atoms with E-state index in [1.165, 1.54) is 25.0 Å². The molecule has 0 radical (unpaired) electrons. The van der Waals surface area contributed by atoms with Gasteiger partial charge in [-0.15, -0.1) is 12.4 Å². The summed E-state index contributed by atoms with van der Waals surface area (Å²) in [5.41, 5.74) is 0.748. The maximum absolute atomic E-state index is 13.1. The Morgan fingerprint density at radius 1 is 1.37 bits per heavy atom. The molecule has 2 N–H and O–H groups in total. The molecule has 0 saturated heterocycles. The van der Waals surface area contributed by atoms with Gasteiger partial charge in [-0.05, 0) is 49.1 Å². The lowest BCUT2D eigenvalue weighted by Crippen LogP contribution is -2.34. The van der Waals surface area contributed by atoms with Gasteiger partial charge < -0.3 is 10.6 Å². The van der Waals surface area contributed by atoms with E-state index in [0.29, 0.717) is 17.6 Å². The fourth-order valence-electron chi connectivity index (χ4n) is 1.69. The summed E-state index contributed by atoms with van der Waals surface area (Å²) in [6.07, 6.45) is 2.54. The summed E-state index contributed by atoms with van der Waals surface area (Å²) in [7, 11) is 0. The molecule has 1 aromatic rings. The molecule has 3 nitrogen and oxygen atoms in total. The Hall–Kier alpha value is -0.650. The smallest absolute Gasteiger partial charge is 0.234 e. The van der Waals surface area contributed by atoms with Crippen LogP contribution in [0.5, 0.6) is 0 Å². The van der Waals surface area contributed by atoms with Gasteiger partial charge >= 0.3 is 0 Å². The van der Waals surface area contributed by atoms with Crippen molar-refractivity contribution < 1.29 is 9.18 Å². The third-order valence-corrected chi connectivity index (χ3v) is 3.29. The van der Waals surface area contributed by atoms with Gasteiger partial charge in [-0.25, -0.2) is 4.39 Å². The van der Waals surface area contributed by atoms with Crippen molar-refractivity contribution in [2.24, 2.45) is 5.92 Å². The number of amides is 1. The molecule has 0 unspecified atom stereocenters. The van der Waals surface area contributed by atoms with E-state index in [0.717, 1.165) is 18.0 Å². The van der Waals surface area contributed by atoms with E-state index in [4.69, 9.17) is 0 Å². The molecule has 0 bridgehead atoms. The van der Waals surface area contributed by atoms with Crippen LogP contribution in [0.4, 0.5) is 4.39 Å². The minimum Gasteiger partial charge on any atom is -0.351 e. The zero-order valence-corrected chi connectivity index (χ0v) is 12.8. The minimum atomic E-state index is -0.305. The normalized spacial score (nSPS) is 13.8. The summed E-state index contributed by atoms with van der Waals surface area (Å²) in [5.74, 6) is 0.397. The van der Waals surface area contributed by atoms with Gasteiger partial charge in [0, 0.05) is 11.0 Å². The van der Waals surface area contributed by atoms with Crippen LogP contribution in [0, 0.1) is 11.7 Å². The van der Waals surface area contributed by atoms with Gasteiger partial charge in [-0.2, -0.15) is 0 Å². The first kappa shape index (κ1) is 16.4. The van der Waals surface area contributed by atoms with E-state index in [-0.39, 0.29) is 24.1 Å². The van der Waals surface area contributed by atoms with Crippen LogP contribution in [0.15, 0.2) is 22.7 Å². The third kappa shape index (κ3) is 6.36. The highest BCUT2D eigenvalue weighted by Crippen LogP contribution is 2.27. The molecule has 0 aromatic heterocycles. The highest BCUT2D eigenvalue weighted by atomic mass is 79.9. The fourth-order valence-corrected chi connectivity index (χ4v) is 2.20. The van der Waals surface area contributed by atoms with Crippen LogP contribution in [0.3, 0.4) is 0 Å². The molecular weight excluding hydrogens is 335 g/mol. The van der Waals surface area contributed by atoms with E-state index in [1.807, 2.05) is 0 Å². The summed E-state index contributed by atoms with van der Waals surface area (Å²) in [6, 6.07) is 4.60. The van der Waals surface area contributed by atoms with Gasteiger partial charge in [0.05, 0.1) is 6.54 Å². The molecule has 0 aliphatic heterocycles. The molecular formula is C13H17BrClFN2O. The highest BCUT2D eigenvalue weighted by Gasteiger charge is 2.20. The van der Waals surface area contributed by atoms with Crippen molar-refractivity contribution in [2.75, 3.05) is 13.1 Å². The molecule has 1 aliphatic carbocycles. The second kappa shape index (κ2) is 7.82. The number of nitrogens with one attached hydrogen (secondary N) is 2. The number of carbonyl (C=O) groups excluding carboxylic acids is 1. The third-order valence-electron chi connectivity index (χ3n) is 2.83. The van der Waals surface area contributed by atoms with E-state index in [2.05, 4.69) is 26.6 Å². The molecule has 0 atom stereocenters. The number of hydrogen-bond donors (Lipinski definition) is 2. The topological polar surface area (TPSA) is 41.1 Å². The van der Waals surface area contributed by atoms with Crippen molar-refractivity contribution in [3.63, 3.8) is 0 Å². The Balaban J connectivity index is 0.00000180. The van der Waals surface area contributed by atoms with E-state index in [1.54, 1.807) is 6.07 Å². The van der Waals surface area contributed by atoms with Gasteiger partial charge in [-0.1, -0.05) is 15.9 Å². The van der Waals surface area contributed by atoms with Crippen molar-refractivity contribution in [2.45, 2.75) is 19.4 Å². The van der Waals surface area contributed by atoms with Crippen LogP contribution >= 0.6 is 28.3 Å². The Labute approximate surface area is 126 Å². The molecule has 19 heavy (non-hydrogen) atoms. The molecule has 1 saturated carbocycles. The first-order valence-corrected chi connectivity index (χ1v) is 6.85. The number of hydrogen-bond acceptors (Lipinski definition) is 2. The minimum absolute atomic E-state index is 0. The van der Waals surface area contributed by atoms with E-state index < -0.39 is 0 Å². The zero-order valence-electron chi connectivity index (χ0n) is 10.4. The van der Waals surface area contributed by atoms with Gasteiger partial charge in [-0.3, -0.25) is 4.79 Å². The predicted octanol–water partition coefficient (Wildman–Crippen LogP) is 2.63. The van der Waals surface area contributed by atoms with Crippen LogP contribution < -0.4 is 10.6 Å². The average molecular weight is 352 g/mol. The Kier molecular flexibility index (Phi) is 6.75.